The van der Waals surface area contributed by atoms with Gasteiger partial charge in [0.15, 0.2) is 6.61 Å². The highest BCUT2D eigenvalue weighted by Gasteiger charge is 2.18. The van der Waals surface area contributed by atoms with Gasteiger partial charge in [-0.15, -0.1) is 0 Å². The summed E-state index contributed by atoms with van der Waals surface area (Å²) >= 11 is 6.02. The summed E-state index contributed by atoms with van der Waals surface area (Å²) in [5.41, 5.74) is 2.80. The molecule has 0 bridgehead atoms. The summed E-state index contributed by atoms with van der Waals surface area (Å²) < 4.78 is 5.60. The highest BCUT2D eigenvalue weighted by Crippen LogP contribution is 2.27. The van der Waals surface area contributed by atoms with Crippen LogP contribution >= 0.6 is 11.6 Å². The molecule has 2 aromatic carbocycles. The van der Waals surface area contributed by atoms with Crippen LogP contribution < -0.4 is 15.0 Å². The Morgan fingerprint density at radius 1 is 1.15 bits per heavy atom. The Morgan fingerprint density at radius 2 is 1.89 bits per heavy atom. The fourth-order valence-electron chi connectivity index (χ4n) is 3.20. The molecule has 1 aliphatic rings. The minimum absolute atomic E-state index is 0.0426. The lowest BCUT2D eigenvalue weighted by Gasteiger charge is -2.36. The zero-order chi connectivity index (χ0) is 19.2. The molecule has 0 aliphatic carbocycles. The van der Waals surface area contributed by atoms with Crippen LogP contribution in [0.2, 0.25) is 5.02 Å². The van der Waals surface area contributed by atoms with E-state index in [0.29, 0.717) is 10.8 Å². The maximum absolute atomic E-state index is 12.4. The summed E-state index contributed by atoms with van der Waals surface area (Å²) in [4.78, 5) is 17.1. The fourth-order valence-corrected chi connectivity index (χ4v) is 3.32. The number of anilines is 2. The van der Waals surface area contributed by atoms with E-state index in [9.17, 15) is 4.79 Å². The van der Waals surface area contributed by atoms with Gasteiger partial charge in [-0.2, -0.15) is 0 Å². The third kappa shape index (κ3) is 5.15. The number of halogens is 1. The number of hydrogen-bond donors (Lipinski definition) is 1. The molecular formula is C21H26ClN3O2. The molecule has 1 fully saturated rings. The number of carbonyl (C=O) groups excluding carboxylic acids is 1. The molecule has 0 unspecified atom stereocenters. The number of hydrogen-bond acceptors (Lipinski definition) is 4. The van der Waals surface area contributed by atoms with Gasteiger partial charge in [0.05, 0.1) is 11.4 Å². The molecular weight excluding hydrogens is 362 g/mol. The lowest BCUT2D eigenvalue weighted by Crippen LogP contribution is -2.46. The van der Waals surface area contributed by atoms with E-state index in [4.69, 9.17) is 16.3 Å². The number of para-hydroxylation sites is 2. The van der Waals surface area contributed by atoms with Crippen molar-refractivity contribution in [2.75, 3.05) is 49.5 Å². The number of nitrogens with zero attached hydrogens (tertiary/aromatic N) is 2. The molecule has 0 spiro atoms. The van der Waals surface area contributed by atoms with Crippen molar-refractivity contribution >= 4 is 28.9 Å². The highest BCUT2D eigenvalue weighted by atomic mass is 35.5. The largest absolute Gasteiger partial charge is 0.484 e. The predicted octanol–water partition coefficient (Wildman–Crippen LogP) is 3.81. The number of nitrogens with one attached hydrogen (secondary N) is 1. The number of piperazine rings is 1. The molecule has 0 saturated carbocycles. The quantitative estimate of drug-likeness (QED) is 0.818. The third-order valence-electron chi connectivity index (χ3n) is 4.84. The minimum atomic E-state index is -0.178. The zero-order valence-electron chi connectivity index (χ0n) is 15.9. The van der Waals surface area contributed by atoms with Crippen LogP contribution in [0.4, 0.5) is 11.4 Å². The summed E-state index contributed by atoms with van der Waals surface area (Å²) in [5.74, 6) is 0.457. The first kappa shape index (κ1) is 19.5. The van der Waals surface area contributed by atoms with Gasteiger partial charge < -0.3 is 19.9 Å². The van der Waals surface area contributed by atoms with Crippen molar-refractivity contribution in [3.05, 3.63) is 53.1 Å². The maximum atomic E-state index is 12.4. The molecule has 6 heteroatoms. The van der Waals surface area contributed by atoms with Crippen LogP contribution in [0.3, 0.4) is 0 Å². The zero-order valence-corrected chi connectivity index (χ0v) is 16.6. The van der Waals surface area contributed by atoms with Gasteiger partial charge >= 0.3 is 0 Å². The van der Waals surface area contributed by atoms with Crippen LogP contribution in [0.5, 0.6) is 5.75 Å². The highest BCUT2D eigenvalue weighted by molar-refractivity contribution is 6.31. The van der Waals surface area contributed by atoms with Crippen molar-refractivity contribution in [3.8, 4) is 5.75 Å². The Hall–Kier alpha value is -2.24. The Kier molecular flexibility index (Phi) is 6.58. The van der Waals surface area contributed by atoms with Crippen molar-refractivity contribution < 1.29 is 9.53 Å². The van der Waals surface area contributed by atoms with Gasteiger partial charge in [-0.25, -0.2) is 0 Å². The second-order valence-electron chi connectivity index (χ2n) is 6.69. The molecule has 144 valence electrons. The number of likely N-dealkylation sites (N-methyl/N-ethyl adjacent to an activating group) is 1. The van der Waals surface area contributed by atoms with Gasteiger partial charge in [0.1, 0.15) is 5.75 Å². The van der Waals surface area contributed by atoms with E-state index >= 15 is 0 Å². The van der Waals surface area contributed by atoms with Crippen LogP contribution in [-0.4, -0.2) is 50.1 Å². The van der Waals surface area contributed by atoms with Crippen molar-refractivity contribution in [2.45, 2.75) is 13.8 Å². The van der Waals surface area contributed by atoms with Crippen LogP contribution in [0.25, 0.3) is 0 Å². The van der Waals surface area contributed by atoms with E-state index in [0.717, 1.165) is 49.7 Å². The van der Waals surface area contributed by atoms with E-state index in [1.165, 1.54) is 0 Å². The van der Waals surface area contributed by atoms with Crippen molar-refractivity contribution in [2.24, 2.45) is 0 Å². The van der Waals surface area contributed by atoms with E-state index in [1.54, 1.807) is 12.1 Å². The van der Waals surface area contributed by atoms with Gasteiger partial charge in [0, 0.05) is 31.2 Å². The summed E-state index contributed by atoms with van der Waals surface area (Å²) in [7, 11) is 0. The molecule has 2 aromatic rings. The Bertz CT molecular complexity index is 789. The van der Waals surface area contributed by atoms with Crippen LogP contribution in [0.15, 0.2) is 42.5 Å². The molecule has 1 amide bonds. The molecule has 5 nitrogen and oxygen atoms in total. The number of ether oxygens (including phenoxy) is 1. The maximum Gasteiger partial charge on any atom is 0.262 e. The molecule has 0 atom stereocenters. The minimum Gasteiger partial charge on any atom is -0.484 e. The lowest BCUT2D eigenvalue weighted by molar-refractivity contribution is -0.118. The normalized spacial score (nSPS) is 14.9. The summed E-state index contributed by atoms with van der Waals surface area (Å²) in [6.45, 7) is 9.13. The van der Waals surface area contributed by atoms with E-state index in [2.05, 4.69) is 28.1 Å². The van der Waals surface area contributed by atoms with Crippen molar-refractivity contribution in [1.82, 2.24) is 4.90 Å². The molecule has 1 N–H and O–H groups in total. The van der Waals surface area contributed by atoms with Gasteiger partial charge in [-0.3, -0.25) is 4.79 Å². The van der Waals surface area contributed by atoms with E-state index in [1.807, 2.05) is 31.2 Å². The molecule has 1 aliphatic heterocycles. The average Bonchev–Trinajstić information content (AvgIpc) is 2.69. The number of rotatable bonds is 6. The lowest BCUT2D eigenvalue weighted by atomic mass is 10.2. The Morgan fingerprint density at radius 3 is 2.59 bits per heavy atom. The average molecular weight is 388 g/mol. The Balaban J connectivity index is 1.60. The second kappa shape index (κ2) is 9.11. The first-order chi connectivity index (χ1) is 13.1. The van der Waals surface area contributed by atoms with E-state index < -0.39 is 0 Å². The monoisotopic (exact) mass is 387 g/mol. The fraction of sp³-hybridized carbons (Fsp3) is 0.381. The number of benzene rings is 2. The molecule has 0 aromatic heterocycles. The number of carbonyl (C=O) groups is 1. The van der Waals surface area contributed by atoms with Gasteiger partial charge in [-0.1, -0.05) is 30.7 Å². The second-order valence-corrected chi connectivity index (χ2v) is 7.09. The topological polar surface area (TPSA) is 44.8 Å². The van der Waals surface area contributed by atoms with Crippen molar-refractivity contribution in [3.63, 3.8) is 0 Å². The Labute approximate surface area is 165 Å². The predicted molar refractivity (Wildman–Crippen MR) is 111 cm³/mol. The van der Waals surface area contributed by atoms with Crippen LogP contribution in [0.1, 0.15) is 12.5 Å². The number of amides is 1. The first-order valence-corrected chi connectivity index (χ1v) is 9.69. The van der Waals surface area contributed by atoms with Gasteiger partial charge in [0.25, 0.3) is 5.91 Å². The smallest absolute Gasteiger partial charge is 0.262 e. The molecule has 27 heavy (non-hydrogen) atoms. The van der Waals surface area contributed by atoms with Crippen LogP contribution in [0, 0.1) is 6.92 Å². The summed E-state index contributed by atoms with van der Waals surface area (Å²) in [6, 6.07) is 13.3. The van der Waals surface area contributed by atoms with Crippen molar-refractivity contribution in [1.29, 1.82) is 0 Å². The van der Waals surface area contributed by atoms with Gasteiger partial charge in [0.2, 0.25) is 0 Å². The molecule has 1 saturated heterocycles. The number of aryl methyl sites for hydroxylation is 1. The summed E-state index contributed by atoms with van der Waals surface area (Å²) in [6.07, 6.45) is 0. The van der Waals surface area contributed by atoms with Gasteiger partial charge in [-0.05, 0) is 49.4 Å². The molecule has 0 radical (unpaired) electrons. The summed E-state index contributed by atoms with van der Waals surface area (Å²) in [5, 5.41) is 3.67. The van der Waals surface area contributed by atoms with Crippen LogP contribution in [-0.2, 0) is 4.79 Å². The third-order valence-corrected chi connectivity index (χ3v) is 5.26. The standard InChI is InChI=1S/C21H26ClN3O2/c1-3-24-10-12-25(13-11-24)20-7-5-4-6-19(20)23-21(26)15-27-17-8-9-18(22)16(2)14-17/h4-9,14H,3,10-13,15H2,1-2H3,(H,23,26). The first-order valence-electron chi connectivity index (χ1n) is 9.32. The molecule has 1 heterocycles. The SMILES string of the molecule is CCN1CCN(c2ccccc2NC(=O)COc2ccc(Cl)c(C)c2)CC1. The van der Waals surface area contributed by atoms with E-state index in [-0.39, 0.29) is 12.5 Å². The molecule has 3 rings (SSSR count).